The Kier molecular flexibility index (Phi) is 4.06. The first kappa shape index (κ1) is 8.60. The molecule has 0 spiro atoms. The molecule has 0 aromatic carbocycles. The first-order chi connectivity index (χ1) is 5.43. The van der Waals surface area contributed by atoms with Crippen molar-refractivity contribution in [3.63, 3.8) is 0 Å². The molecule has 0 bridgehead atoms. The van der Waals surface area contributed by atoms with Crippen molar-refractivity contribution in [3.8, 4) is 0 Å². The second-order valence-corrected chi connectivity index (χ2v) is 2.80. The molecule has 1 aliphatic heterocycles. The Morgan fingerprint density at radius 1 is 1.64 bits per heavy atom. The highest BCUT2D eigenvalue weighted by atomic mass is 16.6. The maximum Gasteiger partial charge on any atom is 0.116 e. The minimum absolute atomic E-state index is 0.380. The molecule has 1 atom stereocenters. The van der Waals surface area contributed by atoms with Crippen molar-refractivity contribution < 1.29 is 9.47 Å². The fraction of sp³-hybridized carbons (Fsp3) is 0.778. The van der Waals surface area contributed by atoms with Gasteiger partial charge in [-0.05, 0) is 18.9 Å². The zero-order chi connectivity index (χ0) is 7.94. The highest BCUT2D eigenvalue weighted by molar-refractivity contribution is 4.75. The molecule has 0 amide bonds. The monoisotopic (exact) mass is 156 g/mol. The average Bonchev–Trinajstić information content (AvgIpc) is 2.80. The van der Waals surface area contributed by atoms with Gasteiger partial charge in [0.15, 0.2) is 0 Å². The zero-order valence-corrected chi connectivity index (χ0v) is 7.08. The van der Waals surface area contributed by atoms with Gasteiger partial charge in [0.1, 0.15) is 12.7 Å². The summed E-state index contributed by atoms with van der Waals surface area (Å²) < 4.78 is 10.2. The molecule has 1 fully saturated rings. The summed E-state index contributed by atoms with van der Waals surface area (Å²) in [7, 11) is 0. The van der Waals surface area contributed by atoms with Crippen LogP contribution in [0.2, 0.25) is 0 Å². The SMILES string of the molecule is CCCC/C=C/OCC1CO1. The first-order valence-corrected chi connectivity index (χ1v) is 4.31. The molecule has 64 valence electrons. The van der Waals surface area contributed by atoms with E-state index >= 15 is 0 Å². The Hall–Kier alpha value is -0.500. The van der Waals surface area contributed by atoms with Crippen molar-refractivity contribution in [1.29, 1.82) is 0 Å². The number of allylic oxidation sites excluding steroid dienone is 1. The molecule has 1 unspecified atom stereocenters. The second kappa shape index (κ2) is 5.19. The highest BCUT2D eigenvalue weighted by Crippen LogP contribution is 2.08. The number of unbranched alkanes of at least 4 members (excludes halogenated alkanes) is 2. The van der Waals surface area contributed by atoms with Crippen LogP contribution in [0.3, 0.4) is 0 Å². The molecular formula is C9H16O2. The Morgan fingerprint density at radius 3 is 3.09 bits per heavy atom. The Balaban J connectivity index is 1.80. The molecular weight excluding hydrogens is 140 g/mol. The lowest BCUT2D eigenvalue weighted by molar-refractivity contribution is 0.211. The van der Waals surface area contributed by atoms with Gasteiger partial charge in [-0.15, -0.1) is 0 Å². The van der Waals surface area contributed by atoms with Gasteiger partial charge in [-0.25, -0.2) is 0 Å². The topological polar surface area (TPSA) is 21.8 Å². The average molecular weight is 156 g/mol. The summed E-state index contributed by atoms with van der Waals surface area (Å²) in [5.74, 6) is 0. The number of ether oxygens (including phenoxy) is 2. The van der Waals surface area contributed by atoms with E-state index < -0.39 is 0 Å². The van der Waals surface area contributed by atoms with Crippen LogP contribution in [0.25, 0.3) is 0 Å². The van der Waals surface area contributed by atoms with E-state index in [9.17, 15) is 0 Å². The molecule has 0 saturated carbocycles. The Bertz CT molecular complexity index is 117. The maximum absolute atomic E-state index is 5.20. The third-order valence-electron chi connectivity index (χ3n) is 1.60. The van der Waals surface area contributed by atoms with Crippen LogP contribution in [0.4, 0.5) is 0 Å². The summed E-state index contributed by atoms with van der Waals surface area (Å²) in [5.41, 5.74) is 0. The van der Waals surface area contributed by atoms with Crippen LogP contribution in [0.15, 0.2) is 12.3 Å². The summed E-state index contributed by atoms with van der Waals surface area (Å²) in [6.45, 7) is 3.79. The molecule has 0 aromatic heterocycles. The van der Waals surface area contributed by atoms with Gasteiger partial charge < -0.3 is 9.47 Å². The minimum atomic E-state index is 0.380. The van der Waals surface area contributed by atoms with Gasteiger partial charge in [-0.2, -0.15) is 0 Å². The molecule has 2 heteroatoms. The van der Waals surface area contributed by atoms with Gasteiger partial charge >= 0.3 is 0 Å². The quantitative estimate of drug-likeness (QED) is 0.334. The van der Waals surface area contributed by atoms with Gasteiger partial charge in [-0.3, -0.25) is 0 Å². The van der Waals surface area contributed by atoms with Gasteiger partial charge in [0.25, 0.3) is 0 Å². The number of epoxide rings is 1. The third kappa shape index (κ3) is 4.85. The zero-order valence-electron chi connectivity index (χ0n) is 7.08. The fourth-order valence-corrected chi connectivity index (χ4v) is 0.785. The maximum atomic E-state index is 5.20. The standard InChI is InChI=1S/C9H16O2/c1-2-3-4-5-6-10-7-9-8-11-9/h5-6,9H,2-4,7-8H2,1H3/b6-5+. The van der Waals surface area contributed by atoms with Crippen LogP contribution < -0.4 is 0 Å². The van der Waals surface area contributed by atoms with Crippen molar-refractivity contribution in [2.24, 2.45) is 0 Å². The van der Waals surface area contributed by atoms with E-state index in [1.807, 2.05) is 0 Å². The summed E-state index contributed by atoms with van der Waals surface area (Å²) >= 11 is 0. The predicted molar refractivity (Wildman–Crippen MR) is 44.4 cm³/mol. The lowest BCUT2D eigenvalue weighted by Gasteiger charge is -1.94. The van der Waals surface area contributed by atoms with E-state index in [0.29, 0.717) is 6.10 Å². The van der Waals surface area contributed by atoms with E-state index in [4.69, 9.17) is 9.47 Å². The van der Waals surface area contributed by atoms with Crippen molar-refractivity contribution in [2.75, 3.05) is 13.2 Å². The van der Waals surface area contributed by atoms with E-state index in [1.165, 1.54) is 12.8 Å². The second-order valence-electron chi connectivity index (χ2n) is 2.80. The van der Waals surface area contributed by atoms with Gasteiger partial charge in [0, 0.05) is 0 Å². The van der Waals surface area contributed by atoms with E-state index in [0.717, 1.165) is 19.6 Å². The van der Waals surface area contributed by atoms with E-state index in [1.54, 1.807) is 6.26 Å². The van der Waals surface area contributed by atoms with E-state index in [-0.39, 0.29) is 0 Å². The lowest BCUT2D eigenvalue weighted by atomic mass is 10.2. The molecule has 1 heterocycles. The van der Waals surface area contributed by atoms with Crippen LogP contribution >= 0.6 is 0 Å². The first-order valence-electron chi connectivity index (χ1n) is 4.31. The van der Waals surface area contributed by atoms with Crippen LogP contribution in [0.5, 0.6) is 0 Å². The molecule has 1 saturated heterocycles. The van der Waals surface area contributed by atoms with Gasteiger partial charge in [0.2, 0.25) is 0 Å². The molecule has 0 N–H and O–H groups in total. The van der Waals surface area contributed by atoms with Crippen molar-refractivity contribution in [1.82, 2.24) is 0 Å². The van der Waals surface area contributed by atoms with Crippen LogP contribution in [-0.2, 0) is 9.47 Å². The number of rotatable bonds is 6. The van der Waals surface area contributed by atoms with Crippen molar-refractivity contribution >= 4 is 0 Å². The van der Waals surface area contributed by atoms with Crippen LogP contribution in [0.1, 0.15) is 26.2 Å². The number of hydrogen-bond donors (Lipinski definition) is 0. The Morgan fingerprint density at radius 2 is 2.45 bits per heavy atom. The molecule has 0 aromatic rings. The molecule has 1 rings (SSSR count). The Labute approximate surface area is 68.2 Å². The predicted octanol–water partition coefficient (Wildman–Crippen LogP) is 2.11. The van der Waals surface area contributed by atoms with Gasteiger partial charge in [-0.1, -0.05) is 13.3 Å². The lowest BCUT2D eigenvalue weighted by Crippen LogP contribution is -1.94. The molecule has 1 aliphatic rings. The normalized spacial score (nSPS) is 22.5. The smallest absolute Gasteiger partial charge is 0.116 e. The van der Waals surface area contributed by atoms with E-state index in [2.05, 4.69) is 13.0 Å². The third-order valence-corrected chi connectivity index (χ3v) is 1.60. The summed E-state index contributed by atoms with van der Waals surface area (Å²) in [4.78, 5) is 0. The molecule has 0 aliphatic carbocycles. The summed E-state index contributed by atoms with van der Waals surface area (Å²) in [5, 5.41) is 0. The summed E-state index contributed by atoms with van der Waals surface area (Å²) in [6, 6.07) is 0. The van der Waals surface area contributed by atoms with Crippen LogP contribution in [0, 0.1) is 0 Å². The minimum Gasteiger partial charge on any atom is -0.499 e. The summed E-state index contributed by atoms with van der Waals surface area (Å²) in [6.07, 6.45) is 7.87. The molecule has 2 nitrogen and oxygen atoms in total. The molecule has 11 heavy (non-hydrogen) atoms. The highest BCUT2D eigenvalue weighted by Gasteiger charge is 2.22. The molecule has 0 radical (unpaired) electrons. The van der Waals surface area contributed by atoms with Crippen LogP contribution in [-0.4, -0.2) is 19.3 Å². The fourth-order valence-electron chi connectivity index (χ4n) is 0.785. The largest absolute Gasteiger partial charge is 0.499 e. The van der Waals surface area contributed by atoms with Gasteiger partial charge in [0.05, 0.1) is 12.9 Å². The van der Waals surface area contributed by atoms with Crippen molar-refractivity contribution in [3.05, 3.63) is 12.3 Å². The van der Waals surface area contributed by atoms with Crippen molar-refractivity contribution in [2.45, 2.75) is 32.3 Å². The number of hydrogen-bond acceptors (Lipinski definition) is 2.